The smallest absolute Gasteiger partial charge is 0.304 e. The van der Waals surface area contributed by atoms with Crippen LogP contribution in [0.3, 0.4) is 0 Å². The number of pyridine rings is 2. The number of carbonyl (C=O) groups is 1. The molecule has 0 bridgehead atoms. The number of amides is 1. The molecule has 0 aliphatic heterocycles. The first-order valence-corrected chi connectivity index (χ1v) is 10.0. The van der Waals surface area contributed by atoms with Crippen molar-refractivity contribution >= 4 is 27.4 Å². The van der Waals surface area contributed by atoms with E-state index in [-0.39, 0.29) is 11.5 Å². The Morgan fingerprint density at radius 3 is 2.53 bits per heavy atom. The highest BCUT2D eigenvalue weighted by Gasteiger charge is 2.21. The Labute approximate surface area is 170 Å². The third kappa shape index (κ3) is 4.51. The second kappa shape index (κ2) is 8.03. The normalized spacial score (nSPS) is 11.2. The molecule has 0 atom stereocenters. The van der Waals surface area contributed by atoms with Gasteiger partial charge in [0, 0.05) is 30.8 Å². The van der Waals surface area contributed by atoms with Gasteiger partial charge in [-0.1, -0.05) is 0 Å². The average Bonchev–Trinajstić information content (AvgIpc) is 2.64. The summed E-state index contributed by atoms with van der Waals surface area (Å²) in [5.74, 6) is -2.59. The van der Waals surface area contributed by atoms with Gasteiger partial charge in [0.25, 0.3) is 15.8 Å². The van der Waals surface area contributed by atoms with Gasteiger partial charge in [0.15, 0.2) is 0 Å². The van der Waals surface area contributed by atoms with Gasteiger partial charge in [0.1, 0.15) is 16.5 Å². The van der Waals surface area contributed by atoms with Crippen molar-refractivity contribution in [3.8, 4) is 11.1 Å². The fourth-order valence-electron chi connectivity index (χ4n) is 2.63. The van der Waals surface area contributed by atoms with Crippen molar-refractivity contribution in [2.75, 3.05) is 10.0 Å². The summed E-state index contributed by atoms with van der Waals surface area (Å²) in [5.41, 5.74) is 1.29. The molecule has 0 radical (unpaired) electrons. The minimum Gasteiger partial charge on any atom is -0.711 e. The number of aryl methyl sites for hydroxylation is 1. The van der Waals surface area contributed by atoms with Gasteiger partial charge in [-0.15, -0.1) is 0 Å². The van der Waals surface area contributed by atoms with Crippen LogP contribution in [0.25, 0.3) is 11.1 Å². The largest absolute Gasteiger partial charge is 0.711 e. The van der Waals surface area contributed by atoms with Gasteiger partial charge in [-0.3, -0.25) is 9.71 Å². The van der Waals surface area contributed by atoms with E-state index < -0.39 is 32.5 Å². The number of benzene rings is 1. The summed E-state index contributed by atoms with van der Waals surface area (Å²) in [6.45, 7) is 2.80. The van der Waals surface area contributed by atoms with Crippen LogP contribution in [0.2, 0.25) is 0 Å². The number of rotatable bonds is 5. The molecule has 0 saturated heterocycles. The molecule has 1 amide bonds. The minimum absolute atomic E-state index is 0.0175. The van der Waals surface area contributed by atoms with E-state index in [1.54, 1.807) is 6.92 Å². The Morgan fingerprint density at radius 1 is 1.13 bits per heavy atom. The summed E-state index contributed by atoms with van der Waals surface area (Å²) in [5, 5.41) is 14.2. The molecule has 0 spiro atoms. The van der Waals surface area contributed by atoms with E-state index in [9.17, 15) is 27.2 Å². The summed E-state index contributed by atoms with van der Waals surface area (Å²) in [7, 11) is -4.36. The van der Waals surface area contributed by atoms with Crippen LogP contribution >= 0.6 is 0 Å². The molecule has 30 heavy (non-hydrogen) atoms. The summed E-state index contributed by atoms with van der Waals surface area (Å²) in [4.78, 5) is 14.7. The minimum atomic E-state index is -4.36. The quantitative estimate of drug-likeness (QED) is 0.473. The van der Waals surface area contributed by atoms with Gasteiger partial charge < -0.3 is 5.21 Å². The topological polar surface area (TPSA) is 115 Å². The Hall–Kier alpha value is -3.60. The average molecular weight is 434 g/mol. The van der Waals surface area contributed by atoms with Gasteiger partial charge >= 0.3 is 5.91 Å². The van der Waals surface area contributed by atoms with Gasteiger partial charge in [-0.25, -0.2) is 32.0 Å². The fourth-order valence-corrected chi connectivity index (χ4v) is 3.79. The van der Waals surface area contributed by atoms with Crippen LogP contribution in [0.5, 0.6) is 0 Å². The van der Waals surface area contributed by atoms with E-state index >= 15 is 0 Å². The maximum absolute atomic E-state index is 13.9. The van der Waals surface area contributed by atoms with Crippen LogP contribution < -0.4 is 14.8 Å². The summed E-state index contributed by atoms with van der Waals surface area (Å²) in [6, 6.07) is 6.45. The fraction of sp³-hybridized carbons (Fsp3) is 0.105. The lowest BCUT2D eigenvalue weighted by atomic mass is 10.1. The summed E-state index contributed by atoms with van der Waals surface area (Å²) in [6.07, 6.45) is 2.63. The molecule has 3 aromatic rings. The lowest BCUT2D eigenvalue weighted by Crippen LogP contribution is -2.31. The highest BCUT2D eigenvalue weighted by molar-refractivity contribution is 7.92. The van der Waals surface area contributed by atoms with Crippen molar-refractivity contribution in [1.82, 2.24) is 4.98 Å². The predicted molar refractivity (Wildman–Crippen MR) is 105 cm³/mol. The zero-order valence-corrected chi connectivity index (χ0v) is 16.6. The molecule has 0 fully saturated rings. The maximum atomic E-state index is 13.9. The Balaban J connectivity index is 1.99. The SMILES string of the molecule is CC(=O)Nc1cc(-c2cnc(C)c(NS(=O)(=O)c3ccc(F)cc3F)c2)cc[n+]1[O-]. The lowest BCUT2D eigenvalue weighted by Gasteiger charge is -2.13. The summed E-state index contributed by atoms with van der Waals surface area (Å²) >= 11 is 0. The van der Waals surface area contributed by atoms with E-state index in [2.05, 4.69) is 15.0 Å². The molecule has 2 aromatic heterocycles. The van der Waals surface area contributed by atoms with Crippen molar-refractivity contribution in [3.05, 3.63) is 71.3 Å². The molecule has 2 heterocycles. The second-order valence-corrected chi connectivity index (χ2v) is 8.00. The zero-order valence-electron chi connectivity index (χ0n) is 15.8. The molecule has 156 valence electrons. The first-order valence-electron chi connectivity index (χ1n) is 8.52. The standard InChI is InChI=1S/C19H16F2N4O4S/c1-11-17(24-30(28,29)18-4-3-15(20)9-16(18)21)7-14(10-22-11)13-5-6-25(27)19(8-13)23-12(2)26/h3-10,24H,1-2H3,(H,23,26). The number of hydrogen-bond donors (Lipinski definition) is 2. The van der Waals surface area contributed by atoms with Crippen molar-refractivity contribution in [1.29, 1.82) is 0 Å². The molecule has 8 nitrogen and oxygen atoms in total. The predicted octanol–water partition coefficient (Wildman–Crippen LogP) is 2.73. The van der Waals surface area contributed by atoms with Crippen molar-refractivity contribution in [2.45, 2.75) is 18.7 Å². The van der Waals surface area contributed by atoms with E-state index in [4.69, 9.17) is 0 Å². The first-order chi connectivity index (χ1) is 14.1. The van der Waals surface area contributed by atoms with E-state index in [0.29, 0.717) is 27.6 Å². The number of halogens is 2. The monoisotopic (exact) mass is 434 g/mol. The Morgan fingerprint density at radius 2 is 1.87 bits per heavy atom. The van der Waals surface area contributed by atoms with Crippen LogP contribution in [0.1, 0.15) is 12.6 Å². The van der Waals surface area contributed by atoms with Gasteiger partial charge in [-0.2, -0.15) is 0 Å². The van der Waals surface area contributed by atoms with Gasteiger partial charge in [0.2, 0.25) is 0 Å². The van der Waals surface area contributed by atoms with Gasteiger partial charge in [-0.05, 0) is 36.8 Å². The van der Waals surface area contributed by atoms with Gasteiger partial charge in [0.05, 0.1) is 17.6 Å². The van der Waals surface area contributed by atoms with Crippen LogP contribution in [-0.4, -0.2) is 19.3 Å². The molecular formula is C19H16F2N4O4S. The summed E-state index contributed by atoms with van der Waals surface area (Å²) < 4.78 is 54.9. The van der Waals surface area contributed by atoms with Crippen LogP contribution in [0, 0.1) is 23.8 Å². The number of carbonyl (C=O) groups excluding carboxylic acids is 1. The molecule has 3 rings (SSSR count). The number of sulfonamides is 1. The van der Waals surface area contributed by atoms with Crippen molar-refractivity contribution in [3.63, 3.8) is 0 Å². The van der Waals surface area contributed by atoms with Crippen LogP contribution in [0.4, 0.5) is 20.3 Å². The highest BCUT2D eigenvalue weighted by Crippen LogP contribution is 2.27. The zero-order chi connectivity index (χ0) is 22.1. The van der Waals surface area contributed by atoms with Crippen LogP contribution in [-0.2, 0) is 14.8 Å². The number of nitrogens with one attached hydrogen (secondary N) is 2. The molecule has 2 N–H and O–H groups in total. The highest BCUT2D eigenvalue weighted by atomic mass is 32.2. The molecule has 0 unspecified atom stereocenters. The molecule has 11 heteroatoms. The third-order valence-corrected chi connectivity index (χ3v) is 5.47. The molecule has 0 aliphatic carbocycles. The maximum Gasteiger partial charge on any atom is 0.304 e. The number of anilines is 2. The lowest BCUT2D eigenvalue weighted by molar-refractivity contribution is -0.589. The third-order valence-electron chi connectivity index (χ3n) is 4.07. The first kappa shape index (κ1) is 21.1. The van der Waals surface area contributed by atoms with Crippen LogP contribution in [0.15, 0.2) is 53.7 Å². The van der Waals surface area contributed by atoms with E-state index in [1.807, 2.05) is 0 Å². The Kier molecular flexibility index (Phi) is 5.65. The van der Waals surface area contributed by atoms with E-state index in [0.717, 1.165) is 12.1 Å². The number of hydrogen-bond acceptors (Lipinski definition) is 5. The number of aromatic nitrogens is 2. The molecule has 0 aliphatic rings. The molecular weight excluding hydrogens is 418 g/mol. The second-order valence-electron chi connectivity index (χ2n) is 6.34. The number of nitrogens with zero attached hydrogens (tertiary/aromatic N) is 2. The molecule has 1 aromatic carbocycles. The molecule has 0 saturated carbocycles. The van der Waals surface area contributed by atoms with E-state index in [1.165, 1.54) is 37.5 Å². The van der Waals surface area contributed by atoms with Crippen molar-refractivity contribution in [2.24, 2.45) is 0 Å². The van der Waals surface area contributed by atoms with Crippen molar-refractivity contribution < 1.29 is 26.7 Å². The Bertz CT molecular complexity index is 1250.